The third-order valence-electron chi connectivity index (χ3n) is 2.79. The van der Waals surface area contributed by atoms with Gasteiger partial charge in [-0.05, 0) is 20.3 Å². The van der Waals surface area contributed by atoms with Crippen LogP contribution in [0.2, 0.25) is 0 Å². The molecule has 1 fully saturated rings. The van der Waals surface area contributed by atoms with E-state index in [2.05, 4.69) is 16.8 Å². The quantitative estimate of drug-likeness (QED) is 0.853. The highest BCUT2D eigenvalue weighted by Crippen LogP contribution is 2.26. The van der Waals surface area contributed by atoms with Crippen molar-refractivity contribution in [1.82, 2.24) is 4.98 Å². The van der Waals surface area contributed by atoms with E-state index in [9.17, 15) is 0 Å². The maximum Gasteiger partial charge on any atom is 0.185 e. The van der Waals surface area contributed by atoms with Crippen molar-refractivity contribution in [2.45, 2.75) is 32.9 Å². The third-order valence-corrected chi connectivity index (χ3v) is 4.03. The van der Waals surface area contributed by atoms with Crippen LogP contribution in [-0.4, -0.2) is 30.8 Å². The molecule has 0 amide bonds. The first-order valence-electron chi connectivity index (χ1n) is 5.73. The number of rotatable bonds is 2. The molecule has 1 saturated heterocycles. The van der Waals surface area contributed by atoms with Crippen molar-refractivity contribution in [3.05, 3.63) is 10.6 Å². The monoisotopic (exact) mass is 241 g/mol. The summed E-state index contributed by atoms with van der Waals surface area (Å²) in [5, 5.41) is 1.09. The van der Waals surface area contributed by atoms with Crippen LogP contribution in [0, 0.1) is 6.92 Å². The van der Waals surface area contributed by atoms with Gasteiger partial charge in [0.1, 0.15) is 0 Å². The van der Waals surface area contributed by atoms with Crippen LogP contribution >= 0.6 is 11.3 Å². The molecule has 1 atom stereocenters. The summed E-state index contributed by atoms with van der Waals surface area (Å²) in [6.07, 6.45) is 1.36. The molecule has 1 aromatic rings. The Bertz CT molecular complexity index is 353. The molecule has 5 heteroatoms. The van der Waals surface area contributed by atoms with Crippen LogP contribution in [0.4, 0.5) is 5.13 Å². The number of aromatic nitrogens is 1. The van der Waals surface area contributed by atoms with Crippen LogP contribution in [0.1, 0.15) is 23.9 Å². The second-order valence-electron chi connectivity index (χ2n) is 4.19. The Kier molecular flexibility index (Phi) is 3.78. The largest absolute Gasteiger partial charge is 0.377 e. The number of hydrogen-bond donors (Lipinski definition) is 1. The van der Waals surface area contributed by atoms with Gasteiger partial charge in [0.25, 0.3) is 0 Å². The van der Waals surface area contributed by atoms with Gasteiger partial charge < -0.3 is 15.4 Å². The van der Waals surface area contributed by atoms with Gasteiger partial charge in [-0.15, -0.1) is 11.3 Å². The molecule has 2 heterocycles. The minimum absolute atomic E-state index is 0.285. The molecule has 1 aliphatic heterocycles. The van der Waals surface area contributed by atoms with Gasteiger partial charge >= 0.3 is 0 Å². The summed E-state index contributed by atoms with van der Waals surface area (Å²) in [5.74, 6) is 0. The summed E-state index contributed by atoms with van der Waals surface area (Å²) >= 11 is 1.71. The minimum Gasteiger partial charge on any atom is -0.377 e. The molecule has 0 radical (unpaired) electrons. The molecule has 0 saturated carbocycles. The van der Waals surface area contributed by atoms with Crippen molar-refractivity contribution in [1.29, 1.82) is 0 Å². The first kappa shape index (κ1) is 11.8. The van der Waals surface area contributed by atoms with Crippen LogP contribution in [0.3, 0.4) is 0 Å². The van der Waals surface area contributed by atoms with Crippen molar-refractivity contribution in [3.8, 4) is 0 Å². The molecule has 0 bridgehead atoms. The minimum atomic E-state index is 0.285. The highest BCUT2D eigenvalue weighted by Gasteiger charge is 2.18. The zero-order valence-electron chi connectivity index (χ0n) is 9.90. The van der Waals surface area contributed by atoms with Crippen LogP contribution in [0.15, 0.2) is 0 Å². The maximum absolute atomic E-state index is 5.68. The van der Waals surface area contributed by atoms with Crippen LogP contribution in [0.25, 0.3) is 0 Å². The molecule has 0 aliphatic carbocycles. The van der Waals surface area contributed by atoms with E-state index >= 15 is 0 Å². The Morgan fingerprint density at radius 1 is 1.62 bits per heavy atom. The fourth-order valence-corrected chi connectivity index (χ4v) is 2.88. The number of nitrogens with zero attached hydrogens (tertiary/aromatic N) is 2. The highest BCUT2D eigenvalue weighted by molar-refractivity contribution is 7.15. The van der Waals surface area contributed by atoms with E-state index < -0.39 is 0 Å². The summed E-state index contributed by atoms with van der Waals surface area (Å²) in [5.41, 5.74) is 6.75. The van der Waals surface area contributed by atoms with E-state index in [1.54, 1.807) is 11.3 Å². The molecule has 90 valence electrons. The van der Waals surface area contributed by atoms with Gasteiger partial charge in [0.05, 0.1) is 11.8 Å². The summed E-state index contributed by atoms with van der Waals surface area (Å²) in [6, 6.07) is 0. The standard InChI is InChI=1S/C11H19N3OS/c1-8-7-14(4-3-5-15-8)11-13-9(2)10(6-12)16-11/h8H,3-7,12H2,1-2H3. The molecule has 16 heavy (non-hydrogen) atoms. The zero-order chi connectivity index (χ0) is 11.5. The summed E-state index contributed by atoms with van der Waals surface area (Å²) in [7, 11) is 0. The summed E-state index contributed by atoms with van der Waals surface area (Å²) in [4.78, 5) is 8.09. The van der Waals surface area contributed by atoms with Crippen molar-refractivity contribution in [3.63, 3.8) is 0 Å². The SMILES string of the molecule is Cc1nc(N2CCCOC(C)C2)sc1CN. The number of nitrogens with two attached hydrogens (primary N) is 1. The fraction of sp³-hybridized carbons (Fsp3) is 0.727. The lowest BCUT2D eigenvalue weighted by Crippen LogP contribution is -2.29. The zero-order valence-corrected chi connectivity index (χ0v) is 10.7. The second kappa shape index (κ2) is 5.12. The van der Waals surface area contributed by atoms with E-state index in [1.807, 2.05) is 6.92 Å². The molecule has 0 spiro atoms. The predicted molar refractivity (Wildman–Crippen MR) is 67.0 cm³/mol. The van der Waals surface area contributed by atoms with Gasteiger partial charge in [-0.25, -0.2) is 4.98 Å². The first-order chi connectivity index (χ1) is 7.70. The van der Waals surface area contributed by atoms with Gasteiger partial charge in [-0.1, -0.05) is 0 Å². The normalized spacial score (nSPS) is 22.2. The van der Waals surface area contributed by atoms with Gasteiger partial charge in [0, 0.05) is 31.1 Å². The molecule has 2 rings (SSSR count). The van der Waals surface area contributed by atoms with Crippen molar-refractivity contribution in [2.75, 3.05) is 24.6 Å². The Balaban J connectivity index is 2.15. The van der Waals surface area contributed by atoms with Gasteiger partial charge in [-0.2, -0.15) is 0 Å². The molecule has 1 aliphatic rings. The lowest BCUT2D eigenvalue weighted by atomic mass is 10.3. The second-order valence-corrected chi connectivity index (χ2v) is 5.25. The molecule has 1 unspecified atom stereocenters. The number of ether oxygens (including phenoxy) is 1. The highest BCUT2D eigenvalue weighted by atomic mass is 32.1. The van der Waals surface area contributed by atoms with E-state index in [4.69, 9.17) is 10.5 Å². The molecule has 1 aromatic heterocycles. The van der Waals surface area contributed by atoms with E-state index in [0.29, 0.717) is 6.54 Å². The molecular formula is C11H19N3OS. The number of aryl methyl sites for hydroxylation is 1. The van der Waals surface area contributed by atoms with Crippen LogP contribution < -0.4 is 10.6 Å². The molecular weight excluding hydrogens is 222 g/mol. The van der Waals surface area contributed by atoms with Gasteiger partial charge in [0.15, 0.2) is 5.13 Å². The molecule has 0 aromatic carbocycles. The maximum atomic E-state index is 5.68. The van der Waals surface area contributed by atoms with E-state index in [0.717, 1.165) is 36.9 Å². The van der Waals surface area contributed by atoms with Crippen molar-refractivity contribution < 1.29 is 4.74 Å². The Hall–Kier alpha value is -0.650. The summed E-state index contributed by atoms with van der Waals surface area (Å²) < 4.78 is 5.63. The van der Waals surface area contributed by atoms with Crippen molar-refractivity contribution >= 4 is 16.5 Å². The molecule has 4 nitrogen and oxygen atoms in total. The lowest BCUT2D eigenvalue weighted by Gasteiger charge is -2.20. The van der Waals surface area contributed by atoms with E-state index in [-0.39, 0.29) is 6.10 Å². The number of hydrogen-bond acceptors (Lipinski definition) is 5. The average Bonchev–Trinajstić information content (AvgIpc) is 2.49. The first-order valence-corrected chi connectivity index (χ1v) is 6.55. The summed E-state index contributed by atoms with van der Waals surface area (Å²) in [6.45, 7) is 7.54. The predicted octanol–water partition coefficient (Wildman–Crippen LogP) is 1.53. The Morgan fingerprint density at radius 3 is 3.12 bits per heavy atom. The Labute approximate surface area is 100 Å². The third kappa shape index (κ3) is 2.53. The van der Waals surface area contributed by atoms with Crippen LogP contribution in [-0.2, 0) is 11.3 Å². The average molecular weight is 241 g/mol. The van der Waals surface area contributed by atoms with Crippen molar-refractivity contribution in [2.24, 2.45) is 5.73 Å². The topological polar surface area (TPSA) is 51.4 Å². The smallest absolute Gasteiger partial charge is 0.185 e. The van der Waals surface area contributed by atoms with Gasteiger partial charge in [0.2, 0.25) is 0 Å². The lowest BCUT2D eigenvalue weighted by molar-refractivity contribution is 0.0821. The van der Waals surface area contributed by atoms with Gasteiger partial charge in [-0.3, -0.25) is 0 Å². The van der Waals surface area contributed by atoms with E-state index in [1.165, 1.54) is 4.88 Å². The number of thiazole rings is 1. The van der Waals surface area contributed by atoms with Crippen LogP contribution in [0.5, 0.6) is 0 Å². The Morgan fingerprint density at radius 2 is 2.44 bits per heavy atom. The molecule has 2 N–H and O–H groups in total. The number of anilines is 1. The fourth-order valence-electron chi connectivity index (χ4n) is 1.91.